The van der Waals surface area contributed by atoms with Gasteiger partial charge in [0.05, 0.1) is 27.4 Å². The molecule has 0 spiro atoms. The largest absolute Gasteiger partial charge is 0.493 e. The van der Waals surface area contributed by atoms with Crippen LogP contribution in [0.4, 0.5) is 0 Å². The first-order valence-electron chi connectivity index (χ1n) is 8.89. The fraction of sp³-hybridized carbons (Fsp3) is 0.500. The van der Waals surface area contributed by atoms with Crippen LogP contribution >= 0.6 is 0 Å². The zero-order chi connectivity index (χ0) is 22.2. The predicted octanol–water partition coefficient (Wildman–Crippen LogP) is 2.84. The van der Waals surface area contributed by atoms with Crippen molar-refractivity contribution < 1.29 is 27.4 Å². The third kappa shape index (κ3) is 6.76. The quantitative estimate of drug-likeness (QED) is 0.443. The maximum Gasteiger partial charge on any atom is 0.330 e. The van der Waals surface area contributed by atoms with Crippen LogP contribution in [0.3, 0.4) is 0 Å². The molecule has 0 bridgehead atoms. The summed E-state index contributed by atoms with van der Waals surface area (Å²) in [6, 6.07) is 4.94. The van der Waals surface area contributed by atoms with Crippen LogP contribution in [0.5, 0.6) is 11.5 Å². The van der Waals surface area contributed by atoms with E-state index in [1.54, 1.807) is 6.07 Å². The van der Waals surface area contributed by atoms with E-state index >= 15 is 0 Å². The highest BCUT2D eigenvalue weighted by molar-refractivity contribution is 7.89. The van der Waals surface area contributed by atoms with Crippen molar-refractivity contribution in [1.82, 2.24) is 4.31 Å². The monoisotopic (exact) mass is 424 g/mol. The van der Waals surface area contributed by atoms with Crippen LogP contribution in [0.25, 0.3) is 6.08 Å². The van der Waals surface area contributed by atoms with Crippen molar-refractivity contribution in [1.29, 1.82) is 5.26 Å². The van der Waals surface area contributed by atoms with Gasteiger partial charge in [-0.1, -0.05) is 20.8 Å². The number of methoxy groups -OCH3 is 3. The molecule has 160 valence electrons. The highest BCUT2D eigenvalue weighted by Crippen LogP contribution is 2.38. The lowest BCUT2D eigenvalue weighted by molar-refractivity contribution is -0.134. The highest BCUT2D eigenvalue weighted by atomic mass is 32.2. The summed E-state index contributed by atoms with van der Waals surface area (Å²) in [5, 5.41) is 8.95. The van der Waals surface area contributed by atoms with E-state index in [2.05, 4.69) is 4.74 Å². The molecule has 0 saturated carbocycles. The second kappa shape index (κ2) is 10.3. The average Bonchev–Trinajstić information content (AvgIpc) is 2.67. The fourth-order valence-electron chi connectivity index (χ4n) is 2.60. The molecule has 9 heteroatoms. The lowest BCUT2D eigenvalue weighted by atomic mass is 9.97. The second-order valence-electron chi connectivity index (χ2n) is 7.42. The van der Waals surface area contributed by atoms with Gasteiger partial charge in [0.2, 0.25) is 10.0 Å². The van der Waals surface area contributed by atoms with Crippen molar-refractivity contribution in [2.24, 2.45) is 5.41 Å². The second-order valence-corrected chi connectivity index (χ2v) is 9.32. The number of rotatable bonds is 9. The van der Waals surface area contributed by atoms with Crippen molar-refractivity contribution in [3.8, 4) is 17.6 Å². The number of sulfonamides is 1. The number of ether oxygens (including phenoxy) is 3. The van der Waals surface area contributed by atoms with Gasteiger partial charge in [0.25, 0.3) is 0 Å². The van der Waals surface area contributed by atoms with E-state index < -0.39 is 16.0 Å². The van der Waals surface area contributed by atoms with Gasteiger partial charge >= 0.3 is 5.97 Å². The minimum absolute atomic E-state index is 0.0454. The fourth-order valence-corrected chi connectivity index (χ4v) is 4.47. The molecule has 0 unspecified atom stereocenters. The van der Waals surface area contributed by atoms with Crippen LogP contribution < -0.4 is 9.47 Å². The predicted molar refractivity (Wildman–Crippen MR) is 109 cm³/mol. The van der Waals surface area contributed by atoms with Crippen LogP contribution in [0, 0.1) is 16.7 Å². The maximum absolute atomic E-state index is 13.5. The molecule has 1 aromatic rings. The molecule has 0 saturated heterocycles. The average molecular weight is 425 g/mol. The molecule has 1 rings (SSSR count). The first kappa shape index (κ1) is 24.5. The number of carbonyl (C=O) groups excluding carboxylic acids is 1. The summed E-state index contributed by atoms with van der Waals surface area (Å²) in [5.74, 6) is -0.319. The Labute approximate surface area is 172 Å². The minimum atomic E-state index is -4.02. The van der Waals surface area contributed by atoms with Gasteiger partial charge in [-0.05, 0) is 29.2 Å². The molecule has 0 atom stereocenters. The summed E-state index contributed by atoms with van der Waals surface area (Å²) in [6.45, 7) is 5.99. The van der Waals surface area contributed by atoms with Gasteiger partial charge in [-0.3, -0.25) is 0 Å². The Morgan fingerprint density at radius 3 is 2.34 bits per heavy atom. The molecule has 0 fully saturated rings. The molecule has 0 aliphatic carbocycles. The molecule has 0 aliphatic rings. The van der Waals surface area contributed by atoms with E-state index in [9.17, 15) is 13.2 Å². The van der Waals surface area contributed by atoms with Crippen LogP contribution in [0.15, 0.2) is 23.1 Å². The summed E-state index contributed by atoms with van der Waals surface area (Å²) in [5.41, 5.74) is 0.0880. The number of hydrogen-bond donors (Lipinski definition) is 0. The van der Waals surface area contributed by atoms with Crippen molar-refractivity contribution in [2.75, 3.05) is 34.4 Å². The number of hydrogen-bond acceptors (Lipinski definition) is 7. The van der Waals surface area contributed by atoms with Gasteiger partial charge in [0.1, 0.15) is 4.90 Å². The Kier molecular flexibility index (Phi) is 8.67. The Balaban J connectivity index is 3.62. The molecule has 1 aromatic carbocycles. The van der Waals surface area contributed by atoms with Gasteiger partial charge in [-0.25, -0.2) is 13.2 Å². The van der Waals surface area contributed by atoms with Crippen molar-refractivity contribution in [3.63, 3.8) is 0 Å². The SMILES string of the molecule is COC(=O)/C=C/c1cc(OC)c(OC)c(S(=O)(=O)N(CCC#N)CC(C)(C)C)c1. The van der Waals surface area contributed by atoms with Crippen LogP contribution in [-0.4, -0.2) is 53.1 Å². The van der Waals surface area contributed by atoms with E-state index in [0.717, 1.165) is 0 Å². The van der Waals surface area contributed by atoms with Gasteiger partial charge in [0, 0.05) is 25.6 Å². The molecule has 0 aliphatic heterocycles. The lowest BCUT2D eigenvalue weighted by Gasteiger charge is -2.29. The van der Waals surface area contributed by atoms with E-state index in [0.29, 0.717) is 5.56 Å². The Bertz CT molecular complexity index is 895. The van der Waals surface area contributed by atoms with Crippen LogP contribution in [0.2, 0.25) is 0 Å². The van der Waals surface area contributed by atoms with Crippen molar-refractivity contribution in [3.05, 3.63) is 23.8 Å². The molecule has 0 aromatic heterocycles. The smallest absolute Gasteiger partial charge is 0.330 e. The van der Waals surface area contributed by atoms with Crippen molar-refractivity contribution >= 4 is 22.1 Å². The Morgan fingerprint density at radius 2 is 1.86 bits per heavy atom. The van der Waals surface area contributed by atoms with Crippen molar-refractivity contribution in [2.45, 2.75) is 32.1 Å². The number of carbonyl (C=O) groups is 1. The van der Waals surface area contributed by atoms with Gasteiger partial charge < -0.3 is 14.2 Å². The molecular weight excluding hydrogens is 396 g/mol. The summed E-state index contributed by atoms with van der Waals surface area (Å²) in [7, 11) is -0.0296. The summed E-state index contributed by atoms with van der Waals surface area (Å²) < 4.78 is 43.4. The number of nitrogens with zero attached hydrogens (tertiary/aromatic N) is 2. The molecule has 0 heterocycles. The van der Waals surface area contributed by atoms with E-state index in [4.69, 9.17) is 14.7 Å². The normalized spacial score (nSPS) is 12.1. The number of esters is 1. The Hall–Kier alpha value is -2.57. The van der Waals surface area contributed by atoms with E-state index in [1.165, 1.54) is 43.9 Å². The van der Waals surface area contributed by atoms with Crippen LogP contribution in [-0.2, 0) is 19.6 Å². The lowest BCUT2D eigenvalue weighted by Crippen LogP contribution is -2.38. The summed E-state index contributed by atoms with van der Waals surface area (Å²) in [4.78, 5) is 11.3. The van der Waals surface area contributed by atoms with Gasteiger partial charge in [-0.2, -0.15) is 9.57 Å². The van der Waals surface area contributed by atoms with Gasteiger partial charge in [0.15, 0.2) is 11.5 Å². The zero-order valence-corrected chi connectivity index (χ0v) is 18.5. The summed E-state index contributed by atoms with van der Waals surface area (Å²) in [6.07, 6.45) is 2.66. The molecule has 0 radical (unpaired) electrons. The molecular formula is C20H28N2O6S. The minimum Gasteiger partial charge on any atom is -0.493 e. The Morgan fingerprint density at radius 1 is 1.21 bits per heavy atom. The summed E-state index contributed by atoms with van der Waals surface area (Å²) >= 11 is 0. The third-order valence-corrected chi connectivity index (χ3v) is 5.67. The zero-order valence-electron chi connectivity index (χ0n) is 17.7. The van der Waals surface area contributed by atoms with Gasteiger partial charge in [-0.15, -0.1) is 0 Å². The first-order valence-corrected chi connectivity index (χ1v) is 10.3. The number of nitriles is 1. The van der Waals surface area contributed by atoms with E-state index in [-0.39, 0.29) is 41.3 Å². The molecule has 8 nitrogen and oxygen atoms in total. The first-order chi connectivity index (χ1) is 13.5. The molecule has 29 heavy (non-hydrogen) atoms. The highest BCUT2D eigenvalue weighted by Gasteiger charge is 2.32. The maximum atomic E-state index is 13.5. The van der Waals surface area contributed by atoms with E-state index in [1.807, 2.05) is 26.8 Å². The van der Waals surface area contributed by atoms with Crippen LogP contribution in [0.1, 0.15) is 32.8 Å². The molecule has 0 amide bonds. The third-order valence-electron chi connectivity index (χ3n) is 3.82. The number of benzene rings is 1. The molecule has 0 N–H and O–H groups in total. The standard InChI is InChI=1S/C20H28N2O6S/c1-20(2,3)14-22(11-7-10-21)29(24,25)17-13-15(8-9-18(23)27-5)12-16(26-4)19(17)28-6/h8-9,12-13H,7,11,14H2,1-6H3/b9-8+. The topological polar surface area (TPSA) is 106 Å².